The van der Waals surface area contributed by atoms with E-state index in [4.69, 9.17) is 17.3 Å². The average molecular weight is 369 g/mol. The van der Waals surface area contributed by atoms with Gasteiger partial charge in [0.25, 0.3) is 0 Å². The highest BCUT2D eigenvalue weighted by Crippen LogP contribution is 2.29. The van der Waals surface area contributed by atoms with Crippen LogP contribution < -0.4 is 5.73 Å². The Balaban J connectivity index is 2.17. The lowest BCUT2D eigenvalue weighted by atomic mass is 10.2. The SMILES string of the molecule is Nc1ccc(-c2nnnn2-c2ccc(Cl)cc2Br)c(F)c1. The summed E-state index contributed by atoms with van der Waals surface area (Å²) in [7, 11) is 0. The van der Waals surface area contributed by atoms with Gasteiger partial charge in [-0.2, -0.15) is 4.68 Å². The zero-order valence-corrected chi connectivity index (χ0v) is 12.8. The van der Waals surface area contributed by atoms with Crippen LogP contribution in [-0.2, 0) is 0 Å². The maximum absolute atomic E-state index is 14.1. The Bertz CT molecular complexity index is 754. The minimum Gasteiger partial charge on any atom is -0.399 e. The summed E-state index contributed by atoms with van der Waals surface area (Å²) in [6.07, 6.45) is 0. The van der Waals surface area contributed by atoms with E-state index in [1.54, 1.807) is 24.3 Å². The van der Waals surface area contributed by atoms with Crippen molar-refractivity contribution in [3.05, 3.63) is 51.7 Å². The number of rotatable bonds is 2. The van der Waals surface area contributed by atoms with Crippen LogP contribution in [0.3, 0.4) is 0 Å². The molecule has 0 saturated heterocycles. The summed E-state index contributed by atoms with van der Waals surface area (Å²) in [6.45, 7) is 0. The Morgan fingerprint density at radius 3 is 2.71 bits per heavy atom. The van der Waals surface area contributed by atoms with Gasteiger partial charge >= 0.3 is 0 Å². The molecule has 0 aliphatic carbocycles. The first-order valence-corrected chi connectivity index (χ1v) is 7.02. The number of halogens is 3. The molecule has 2 aromatic carbocycles. The van der Waals surface area contributed by atoms with E-state index >= 15 is 0 Å². The van der Waals surface area contributed by atoms with Crippen molar-refractivity contribution in [2.45, 2.75) is 0 Å². The van der Waals surface area contributed by atoms with Crippen molar-refractivity contribution < 1.29 is 4.39 Å². The van der Waals surface area contributed by atoms with Crippen LogP contribution in [-0.4, -0.2) is 20.2 Å². The molecular formula is C13H8BrClFN5. The molecule has 8 heteroatoms. The molecule has 1 aromatic heterocycles. The molecule has 1 heterocycles. The summed E-state index contributed by atoms with van der Waals surface area (Å²) in [6, 6.07) is 9.51. The highest BCUT2D eigenvalue weighted by molar-refractivity contribution is 9.10. The van der Waals surface area contributed by atoms with Gasteiger partial charge in [0.1, 0.15) is 5.82 Å². The second-order valence-corrected chi connectivity index (χ2v) is 5.54. The van der Waals surface area contributed by atoms with Gasteiger partial charge in [-0.1, -0.05) is 11.6 Å². The maximum Gasteiger partial charge on any atom is 0.190 e. The molecule has 0 bridgehead atoms. The quantitative estimate of drug-likeness (QED) is 0.703. The number of tetrazole rings is 1. The fraction of sp³-hybridized carbons (Fsp3) is 0. The molecule has 0 atom stereocenters. The van der Waals surface area contributed by atoms with Crippen molar-refractivity contribution in [1.29, 1.82) is 0 Å². The average Bonchev–Trinajstić information content (AvgIpc) is 2.87. The Morgan fingerprint density at radius 1 is 1.19 bits per heavy atom. The second kappa shape index (κ2) is 5.42. The third-order valence-electron chi connectivity index (χ3n) is 2.84. The minimum atomic E-state index is -0.490. The fourth-order valence-electron chi connectivity index (χ4n) is 1.88. The van der Waals surface area contributed by atoms with Crippen LogP contribution in [0.25, 0.3) is 17.1 Å². The number of nitrogens with two attached hydrogens (primary N) is 1. The fourth-order valence-corrected chi connectivity index (χ4v) is 2.73. The van der Waals surface area contributed by atoms with E-state index in [-0.39, 0.29) is 11.4 Å². The third kappa shape index (κ3) is 2.62. The van der Waals surface area contributed by atoms with E-state index in [2.05, 4.69) is 31.5 Å². The molecule has 0 radical (unpaired) electrons. The molecule has 0 fully saturated rings. The Labute approximate surface area is 132 Å². The Morgan fingerprint density at radius 2 is 2.00 bits per heavy atom. The Kier molecular flexibility index (Phi) is 3.60. The van der Waals surface area contributed by atoms with Crippen LogP contribution in [0, 0.1) is 5.82 Å². The van der Waals surface area contributed by atoms with Crippen LogP contribution in [0.2, 0.25) is 5.02 Å². The smallest absolute Gasteiger partial charge is 0.190 e. The van der Waals surface area contributed by atoms with Crippen LogP contribution in [0.4, 0.5) is 10.1 Å². The van der Waals surface area contributed by atoms with E-state index in [0.717, 1.165) is 0 Å². The maximum atomic E-state index is 14.1. The van der Waals surface area contributed by atoms with Gasteiger partial charge in [0.2, 0.25) is 0 Å². The third-order valence-corrected chi connectivity index (χ3v) is 3.71. The first-order valence-electron chi connectivity index (χ1n) is 5.85. The van der Waals surface area contributed by atoms with E-state index < -0.39 is 5.82 Å². The number of nitrogen functional groups attached to an aromatic ring is 1. The summed E-state index contributed by atoms with van der Waals surface area (Å²) < 4.78 is 16.2. The molecule has 2 N–H and O–H groups in total. The lowest BCUT2D eigenvalue weighted by Crippen LogP contribution is -2.02. The topological polar surface area (TPSA) is 69.6 Å². The predicted molar refractivity (Wildman–Crippen MR) is 81.7 cm³/mol. The largest absolute Gasteiger partial charge is 0.399 e. The molecule has 0 unspecified atom stereocenters. The molecule has 0 saturated carbocycles. The van der Waals surface area contributed by atoms with Gasteiger partial charge in [0.15, 0.2) is 5.82 Å². The van der Waals surface area contributed by atoms with Gasteiger partial charge in [-0.3, -0.25) is 0 Å². The highest BCUT2D eigenvalue weighted by atomic mass is 79.9. The molecule has 0 spiro atoms. The molecule has 0 aliphatic heterocycles. The normalized spacial score (nSPS) is 10.8. The van der Waals surface area contributed by atoms with Crippen molar-refractivity contribution in [3.8, 4) is 17.1 Å². The van der Waals surface area contributed by atoms with Gasteiger partial charge < -0.3 is 5.73 Å². The van der Waals surface area contributed by atoms with Crippen LogP contribution in [0.5, 0.6) is 0 Å². The van der Waals surface area contributed by atoms with Gasteiger partial charge in [-0.15, -0.1) is 5.10 Å². The molecule has 0 aliphatic rings. The minimum absolute atomic E-state index is 0.260. The van der Waals surface area contributed by atoms with Crippen LogP contribution >= 0.6 is 27.5 Å². The van der Waals surface area contributed by atoms with Gasteiger partial charge in [0.05, 0.1) is 11.3 Å². The van der Waals surface area contributed by atoms with Crippen molar-refractivity contribution in [1.82, 2.24) is 20.2 Å². The van der Waals surface area contributed by atoms with E-state index in [1.165, 1.54) is 16.8 Å². The first-order chi connectivity index (χ1) is 10.1. The van der Waals surface area contributed by atoms with Crippen molar-refractivity contribution in [2.75, 3.05) is 5.73 Å². The van der Waals surface area contributed by atoms with Crippen molar-refractivity contribution in [2.24, 2.45) is 0 Å². The lowest BCUT2D eigenvalue weighted by molar-refractivity contribution is 0.629. The van der Waals surface area contributed by atoms with E-state index in [1.807, 2.05) is 0 Å². The van der Waals surface area contributed by atoms with Gasteiger partial charge in [0, 0.05) is 15.2 Å². The molecule has 3 aromatic rings. The summed E-state index contributed by atoms with van der Waals surface area (Å²) >= 11 is 9.30. The molecular weight excluding hydrogens is 361 g/mol. The number of hydrogen-bond donors (Lipinski definition) is 1. The van der Waals surface area contributed by atoms with Crippen molar-refractivity contribution in [3.63, 3.8) is 0 Å². The highest BCUT2D eigenvalue weighted by Gasteiger charge is 2.16. The number of hydrogen-bond acceptors (Lipinski definition) is 4. The van der Waals surface area contributed by atoms with Gasteiger partial charge in [-0.05, 0) is 62.8 Å². The first kappa shape index (κ1) is 14.0. The zero-order chi connectivity index (χ0) is 15.0. The number of aromatic nitrogens is 4. The monoisotopic (exact) mass is 367 g/mol. The molecule has 5 nitrogen and oxygen atoms in total. The Hall–Kier alpha value is -1.99. The zero-order valence-electron chi connectivity index (χ0n) is 10.5. The summed E-state index contributed by atoms with van der Waals surface area (Å²) in [5.41, 5.74) is 6.80. The predicted octanol–water partition coefficient (Wildman–Crippen LogP) is 3.47. The van der Waals surface area contributed by atoms with Crippen LogP contribution in [0.15, 0.2) is 40.9 Å². The molecule has 3 rings (SSSR count). The van der Waals surface area contributed by atoms with Crippen molar-refractivity contribution >= 4 is 33.2 Å². The lowest BCUT2D eigenvalue weighted by Gasteiger charge is -2.08. The second-order valence-electron chi connectivity index (χ2n) is 4.25. The number of nitrogens with zero attached hydrogens (tertiary/aromatic N) is 4. The van der Waals surface area contributed by atoms with Gasteiger partial charge in [-0.25, -0.2) is 4.39 Å². The number of anilines is 1. The summed E-state index contributed by atoms with van der Waals surface area (Å²) in [5, 5.41) is 12.0. The molecule has 106 valence electrons. The molecule has 21 heavy (non-hydrogen) atoms. The summed E-state index contributed by atoms with van der Waals surface area (Å²) in [4.78, 5) is 0. The standard InChI is InChI=1S/C13H8BrClFN5/c14-10-5-7(15)1-4-12(10)21-13(18-19-20-21)9-3-2-8(17)6-11(9)16/h1-6H,17H2. The summed E-state index contributed by atoms with van der Waals surface area (Å²) in [5.74, 6) is -0.216. The number of benzene rings is 2. The van der Waals surface area contributed by atoms with E-state index in [0.29, 0.717) is 20.9 Å². The van der Waals surface area contributed by atoms with E-state index in [9.17, 15) is 4.39 Å². The molecule has 0 amide bonds. The van der Waals surface area contributed by atoms with Crippen LogP contribution in [0.1, 0.15) is 0 Å².